The number of halogens is 1. The Hall–Kier alpha value is -4.59. The molecule has 0 aliphatic rings. The number of fused-ring (bicyclic) bond motifs is 1. The molecule has 2 N–H and O–H groups in total. The highest BCUT2D eigenvalue weighted by Gasteiger charge is 2.19. The molecule has 0 saturated heterocycles. The number of para-hydroxylation sites is 1. The van der Waals surface area contributed by atoms with Crippen molar-refractivity contribution in [3.05, 3.63) is 94.9 Å². The lowest BCUT2D eigenvalue weighted by Crippen LogP contribution is -2.10. The molecule has 0 saturated carbocycles. The van der Waals surface area contributed by atoms with Crippen LogP contribution in [-0.4, -0.2) is 39.9 Å². The fourth-order valence-corrected chi connectivity index (χ4v) is 4.83. The van der Waals surface area contributed by atoms with Gasteiger partial charge in [0.1, 0.15) is 23.9 Å². The Kier molecular flexibility index (Phi) is 10.2. The van der Waals surface area contributed by atoms with Crippen molar-refractivity contribution in [1.82, 2.24) is 4.57 Å². The summed E-state index contributed by atoms with van der Waals surface area (Å²) in [5.74, 6) is -0.757. The largest absolute Gasteiger partial charge is 0.494 e. The fourth-order valence-electron chi connectivity index (χ4n) is 4.83. The van der Waals surface area contributed by atoms with E-state index >= 15 is 0 Å². The van der Waals surface area contributed by atoms with Crippen LogP contribution in [0.25, 0.3) is 23.1 Å². The van der Waals surface area contributed by atoms with Crippen LogP contribution in [0.15, 0.2) is 66.7 Å². The number of hydrogen-bond donors (Lipinski definition) is 2. The summed E-state index contributed by atoms with van der Waals surface area (Å²) in [6.45, 7) is 2.71. The zero-order chi connectivity index (χ0) is 29.2. The molecule has 3 aromatic carbocycles. The van der Waals surface area contributed by atoms with Gasteiger partial charge >= 0.3 is 11.9 Å². The lowest BCUT2D eigenvalue weighted by Gasteiger charge is -2.08. The summed E-state index contributed by atoms with van der Waals surface area (Å²) in [5.41, 5.74) is 3.50. The van der Waals surface area contributed by atoms with E-state index in [2.05, 4.69) is 0 Å². The van der Waals surface area contributed by atoms with Crippen LogP contribution in [0, 0.1) is 12.7 Å². The van der Waals surface area contributed by atoms with E-state index in [4.69, 9.17) is 14.6 Å². The topological polar surface area (TPSA) is 98.0 Å². The molecule has 0 bridgehead atoms. The van der Waals surface area contributed by atoms with Gasteiger partial charge in [0, 0.05) is 23.1 Å². The molecule has 0 radical (unpaired) electrons. The molecule has 41 heavy (non-hydrogen) atoms. The molecule has 1 aromatic heterocycles. The zero-order valence-corrected chi connectivity index (χ0v) is 23.0. The van der Waals surface area contributed by atoms with Gasteiger partial charge in [0.25, 0.3) is 0 Å². The molecule has 0 amide bonds. The summed E-state index contributed by atoms with van der Waals surface area (Å²) in [5, 5.41) is 19.2. The second-order valence-corrected chi connectivity index (χ2v) is 9.80. The monoisotopic (exact) mass is 559 g/mol. The molecule has 0 fully saturated rings. The maximum Gasteiger partial charge on any atom is 0.323 e. The van der Waals surface area contributed by atoms with Crippen LogP contribution >= 0.6 is 0 Å². The van der Waals surface area contributed by atoms with Gasteiger partial charge < -0.3 is 24.3 Å². The molecule has 4 rings (SSSR count). The Morgan fingerprint density at radius 3 is 2.15 bits per heavy atom. The Morgan fingerprint density at radius 1 is 0.854 bits per heavy atom. The highest BCUT2D eigenvalue weighted by atomic mass is 19.1. The van der Waals surface area contributed by atoms with Crippen LogP contribution in [-0.2, 0) is 22.6 Å². The number of aryl methyl sites for hydroxylation is 1. The standard InChI is InChI=1S/C33H34FNO6/c1-23-29(10-7-11-31(36)37)30-21-26(34)20-25(33(30)35(23)22-32(38)39)15-12-24-13-16-28(17-14-24)41-19-6-5-18-40-27-8-3-2-4-9-27/h2-4,8-9,12-17,20-21H,5-7,10-11,18-19,22H2,1H3,(H,36,37)(H,38,39). The van der Waals surface area contributed by atoms with Crippen molar-refractivity contribution in [1.29, 1.82) is 0 Å². The first kappa shape index (κ1) is 29.4. The summed E-state index contributed by atoms with van der Waals surface area (Å²) < 4.78 is 27.9. The molecule has 214 valence electrons. The maximum absolute atomic E-state index is 14.7. The van der Waals surface area contributed by atoms with Gasteiger partial charge in [-0.25, -0.2) is 4.39 Å². The Morgan fingerprint density at radius 2 is 1.51 bits per heavy atom. The number of rotatable bonds is 15. The van der Waals surface area contributed by atoms with Gasteiger partial charge in [0.15, 0.2) is 0 Å². The summed E-state index contributed by atoms with van der Waals surface area (Å²) in [4.78, 5) is 22.7. The fraction of sp³-hybridized carbons (Fsp3) is 0.273. The number of nitrogens with zero attached hydrogens (tertiary/aromatic N) is 1. The van der Waals surface area contributed by atoms with E-state index in [0.29, 0.717) is 48.2 Å². The Balaban J connectivity index is 1.43. The van der Waals surface area contributed by atoms with Crippen molar-refractivity contribution in [2.75, 3.05) is 13.2 Å². The van der Waals surface area contributed by atoms with Gasteiger partial charge in [0.05, 0.1) is 18.7 Å². The summed E-state index contributed by atoms with van der Waals surface area (Å²) in [7, 11) is 0. The molecule has 4 aromatic rings. The molecule has 7 nitrogen and oxygen atoms in total. The smallest absolute Gasteiger partial charge is 0.323 e. The third-order valence-electron chi connectivity index (χ3n) is 6.81. The molecule has 0 atom stereocenters. The number of unbranched alkanes of at least 4 members (excludes halogenated alkanes) is 1. The number of hydrogen-bond acceptors (Lipinski definition) is 4. The van der Waals surface area contributed by atoms with Gasteiger partial charge in [0.2, 0.25) is 0 Å². The van der Waals surface area contributed by atoms with E-state index in [1.807, 2.05) is 60.7 Å². The Bertz CT molecular complexity index is 1510. The van der Waals surface area contributed by atoms with Crippen LogP contribution < -0.4 is 9.47 Å². The molecular weight excluding hydrogens is 525 g/mol. The minimum absolute atomic E-state index is 0.0183. The number of carbonyl (C=O) groups is 2. The van der Waals surface area contributed by atoms with Crippen LogP contribution in [0.4, 0.5) is 4.39 Å². The molecule has 1 heterocycles. The van der Waals surface area contributed by atoms with Crippen molar-refractivity contribution < 1.29 is 33.7 Å². The van der Waals surface area contributed by atoms with E-state index < -0.39 is 17.8 Å². The van der Waals surface area contributed by atoms with Gasteiger partial charge in [-0.2, -0.15) is 0 Å². The minimum Gasteiger partial charge on any atom is -0.494 e. The molecule has 0 aliphatic carbocycles. The van der Waals surface area contributed by atoms with Gasteiger partial charge in [-0.1, -0.05) is 42.5 Å². The maximum atomic E-state index is 14.7. The summed E-state index contributed by atoms with van der Waals surface area (Å²) in [6, 6.07) is 20.0. The second-order valence-electron chi connectivity index (χ2n) is 9.80. The number of ether oxygens (including phenoxy) is 2. The van der Waals surface area contributed by atoms with Gasteiger partial charge in [-0.15, -0.1) is 0 Å². The van der Waals surface area contributed by atoms with E-state index in [9.17, 15) is 19.1 Å². The lowest BCUT2D eigenvalue weighted by atomic mass is 10.0. The van der Waals surface area contributed by atoms with Crippen LogP contribution in [0.3, 0.4) is 0 Å². The van der Waals surface area contributed by atoms with Crippen molar-refractivity contribution in [2.45, 2.75) is 45.6 Å². The average Bonchev–Trinajstić information content (AvgIpc) is 3.20. The van der Waals surface area contributed by atoms with E-state index in [1.54, 1.807) is 17.6 Å². The van der Waals surface area contributed by atoms with Crippen molar-refractivity contribution in [3.63, 3.8) is 0 Å². The zero-order valence-electron chi connectivity index (χ0n) is 23.0. The predicted molar refractivity (Wildman–Crippen MR) is 157 cm³/mol. The molecule has 0 spiro atoms. The first-order chi connectivity index (χ1) is 19.8. The SMILES string of the molecule is Cc1c(CCCC(=O)O)c2cc(F)cc(C=Cc3ccc(OCCCCOc4ccccc4)cc3)c2n1CC(=O)O. The molecule has 8 heteroatoms. The number of aliphatic carboxylic acids is 2. The van der Waals surface area contributed by atoms with Crippen molar-refractivity contribution in [2.24, 2.45) is 0 Å². The highest BCUT2D eigenvalue weighted by molar-refractivity contribution is 5.95. The van der Waals surface area contributed by atoms with Crippen LogP contribution in [0.1, 0.15) is 48.1 Å². The molecule has 0 aliphatic heterocycles. The van der Waals surface area contributed by atoms with E-state index in [-0.39, 0.29) is 13.0 Å². The summed E-state index contributed by atoms with van der Waals surface area (Å²) in [6.07, 6.45) is 6.12. The molecular formula is C33H34FNO6. The van der Waals surface area contributed by atoms with Crippen molar-refractivity contribution >= 4 is 35.0 Å². The van der Waals surface area contributed by atoms with Crippen LogP contribution in [0.2, 0.25) is 0 Å². The van der Waals surface area contributed by atoms with Crippen LogP contribution in [0.5, 0.6) is 11.5 Å². The van der Waals surface area contributed by atoms with E-state index in [0.717, 1.165) is 35.5 Å². The van der Waals surface area contributed by atoms with Gasteiger partial charge in [-0.3, -0.25) is 9.59 Å². The first-order valence-electron chi connectivity index (χ1n) is 13.7. The number of aromatic nitrogens is 1. The van der Waals surface area contributed by atoms with Crippen molar-refractivity contribution in [3.8, 4) is 11.5 Å². The number of benzene rings is 3. The Labute approximate surface area is 238 Å². The normalized spacial score (nSPS) is 11.3. The first-order valence-corrected chi connectivity index (χ1v) is 13.7. The predicted octanol–water partition coefficient (Wildman–Crippen LogP) is 6.99. The van der Waals surface area contributed by atoms with Gasteiger partial charge in [-0.05, 0) is 80.1 Å². The summed E-state index contributed by atoms with van der Waals surface area (Å²) >= 11 is 0. The third kappa shape index (κ3) is 8.20. The molecule has 0 unspecified atom stereocenters. The quantitative estimate of drug-likeness (QED) is 0.120. The van der Waals surface area contributed by atoms with E-state index in [1.165, 1.54) is 12.1 Å². The average molecular weight is 560 g/mol. The number of carboxylic acid groups (broad SMARTS) is 2. The second kappa shape index (κ2) is 14.2. The number of carboxylic acids is 2. The third-order valence-corrected chi connectivity index (χ3v) is 6.81. The highest BCUT2D eigenvalue weighted by Crippen LogP contribution is 2.32. The lowest BCUT2D eigenvalue weighted by molar-refractivity contribution is -0.138. The minimum atomic E-state index is -1.01.